The Bertz CT molecular complexity index is 2940. The zero-order chi connectivity index (χ0) is 56.8. The van der Waals surface area contributed by atoms with Gasteiger partial charge in [0.2, 0.25) is 11.8 Å². The minimum atomic E-state index is -0.711. The summed E-state index contributed by atoms with van der Waals surface area (Å²) in [5, 5.41) is 23.4. The van der Waals surface area contributed by atoms with E-state index in [4.69, 9.17) is 14.7 Å². The molecule has 82 heavy (non-hydrogen) atoms. The van der Waals surface area contributed by atoms with Crippen molar-refractivity contribution in [2.24, 2.45) is 35.5 Å². The number of fused-ring (bicyclic) bond motifs is 4. The maximum Gasteiger partial charge on any atom is 0.305 e. The summed E-state index contributed by atoms with van der Waals surface area (Å²) in [5.41, 5.74) is 9.53. The van der Waals surface area contributed by atoms with Gasteiger partial charge in [-0.1, -0.05) is 67.8 Å². The van der Waals surface area contributed by atoms with Crippen molar-refractivity contribution in [2.75, 3.05) is 80.7 Å². The number of piperidine rings is 2. The molecule has 6 aliphatic heterocycles. The summed E-state index contributed by atoms with van der Waals surface area (Å²) in [4.78, 5) is 63.3. The van der Waals surface area contributed by atoms with Gasteiger partial charge in [-0.3, -0.25) is 19.2 Å². The molecule has 6 aliphatic rings. The van der Waals surface area contributed by atoms with E-state index in [1.165, 1.54) is 40.7 Å². The second-order valence-corrected chi connectivity index (χ2v) is 22.7. The van der Waals surface area contributed by atoms with Gasteiger partial charge >= 0.3 is 11.9 Å². The number of benzene rings is 2. The summed E-state index contributed by atoms with van der Waals surface area (Å²) >= 11 is 0. The zero-order valence-electron chi connectivity index (χ0n) is 48.1. The molecule has 2 aromatic carbocycles. The van der Waals surface area contributed by atoms with Crippen LogP contribution in [0.3, 0.4) is 0 Å². The van der Waals surface area contributed by atoms with Crippen LogP contribution in [-0.4, -0.2) is 108 Å². The number of esters is 1. The second-order valence-electron chi connectivity index (χ2n) is 22.7. The number of aryl methyl sites for hydroxylation is 4. The van der Waals surface area contributed by atoms with Gasteiger partial charge in [0.15, 0.2) is 0 Å². The van der Waals surface area contributed by atoms with Gasteiger partial charge in [0.05, 0.1) is 7.11 Å². The summed E-state index contributed by atoms with van der Waals surface area (Å²) in [6.45, 7) is 10.3. The molecular formula is C68H88N8O6. The number of hydrogen-bond acceptors (Lipinski definition) is 11. The highest BCUT2D eigenvalue weighted by molar-refractivity contribution is 5.77. The first-order chi connectivity index (χ1) is 39.5. The van der Waals surface area contributed by atoms with E-state index in [9.17, 15) is 24.3 Å². The number of pyridine rings is 2. The highest BCUT2D eigenvalue weighted by atomic mass is 16.5. The third-order valence-corrected chi connectivity index (χ3v) is 17.3. The molecule has 0 spiro atoms. The molecule has 0 unspecified atom stereocenters. The maximum atomic E-state index is 13.0. The predicted octanol–water partition coefficient (Wildman–Crippen LogP) is 10.5. The number of anilines is 4. The van der Waals surface area contributed by atoms with Crippen molar-refractivity contribution < 1.29 is 29.0 Å². The van der Waals surface area contributed by atoms with Crippen LogP contribution in [0.2, 0.25) is 0 Å². The van der Waals surface area contributed by atoms with Crippen LogP contribution >= 0.6 is 0 Å². The average Bonchev–Trinajstić information content (AvgIpc) is 3.68. The lowest BCUT2D eigenvalue weighted by molar-refractivity contribution is -0.142. The number of amides is 2. The second kappa shape index (κ2) is 32.2. The van der Waals surface area contributed by atoms with Crippen LogP contribution in [0.15, 0.2) is 72.8 Å². The van der Waals surface area contributed by atoms with Gasteiger partial charge < -0.3 is 40.9 Å². The van der Waals surface area contributed by atoms with Crippen molar-refractivity contribution in [3.05, 3.63) is 106 Å². The quantitative estimate of drug-likeness (QED) is 0.0531. The molecule has 2 saturated heterocycles. The molecule has 0 saturated carbocycles. The fourth-order valence-electron chi connectivity index (χ4n) is 12.7. The first kappa shape index (κ1) is 62.1. The van der Waals surface area contributed by atoms with Crippen molar-refractivity contribution in [3.8, 4) is 35.5 Å². The Balaban J connectivity index is 0.000000206. The Hall–Kier alpha value is -7.50. The van der Waals surface area contributed by atoms with E-state index >= 15 is 0 Å². The molecule has 436 valence electrons. The first-order valence-electron chi connectivity index (χ1n) is 29.8. The van der Waals surface area contributed by atoms with Gasteiger partial charge in [-0.25, -0.2) is 9.97 Å². The summed E-state index contributed by atoms with van der Waals surface area (Å²) in [7, 11) is 1.48. The monoisotopic (exact) mass is 1110 g/mol. The van der Waals surface area contributed by atoms with Crippen LogP contribution in [0.25, 0.3) is 0 Å². The Morgan fingerprint density at radius 2 is 1.04 bits per heavy atom. The number of carboxylic acid groups (broad SMARTS) is 1. The normalized spacial score (nSPS) is 18.4. The van der Waals surface area contributed by atoms with Gasteiger partial charge in [0.1, 0.15) is 11.6 Å². The highest BCUT2D eigenvalue weighted by Gasteiger charge is 2.34. The van der Waals surface area contributed by atoms with Gasteiger partial charge in [-0.05, 0) is 209 Å². The molecule has 10 rings (SSSR count). The maximum absolute atomic E-state index is 13.0. The minimum Gasteiger partial charge on any atom is -0.481 e. The fraction of sp³-hybridized carbons (Fsp3) is 0.529. The van der Waals surface area contributed by atoms with Crippen LogP contribution in [0.4, 0.5) is 23.0 Å². The number of aliphatic carboxylic acids is 1. The van der Waals surface area contributed by atoms with E-state index in [2.05, 4.69) is 124 Å². The Kier molecular flexibility index (Phi) is 24.4. The number of aromatic nitrogens is 2. The smallest absolute Gasteiger partial charge is 0.305 e. The predicted molar refractivity (Wildman–Crippen MR) is 328 cm³/mol. The first-order valence-corrected chi connectivity index (χ1v) is 29.8. The lowest BCUT2D eigenvalue weighted by Crippen LogP contribution is -2.40. The number of nitrogens with one attached hydrogen (secondary N) is 4. The van der Waals surface area contributed by atoms with E-state index in [0.29, 0.717) is 55.8 Å². The fourth-order valence-corrected chi connectivity index (χ4v) is 12.7. The number of ether oxygens (including phenoxy) is 1. The lowest BCUT2D eigenvalue weighted by atomic mass is 9.75. The molecule has 2 fully saturated rings. The van der Waals surface area contributed by atoms with Crippen molar-refractivity contribution in [2.45, 2.75) is 137 Å². The van der Waals surface area contributed by atoms with Crippen molar-refractivity contribution in [1.82, 2.24) is 19.8 Å². The summed E-state index contributed by atoms with van der Waals surface area (Å²) in [5.74, 6) is 19.3. The van der Waals surface area contributed by atoms with Crippen LogP contribution in [0.5, 0.6) is 0 Å². The molecule has 4 aromatic rings. The molecular weight excluding hydrogens is 1020 g/mol. The number of para-hydroxylation sites is 2. The van der Waals surface area contributed by atoms with Gasteiger partial charge in [-0.2, -0.15) is 0 Å². The number of likely N-dealkylation sites (tertiary alicyclic amines) is 2. The average molecular weight is 1110 g/mol. The van der Waals surface area contributed by atoms with E-state index < -0.39 is 5.97 Å². The third kappa shape index (κ3) is 18.5. The number of methoxy groups -OCH3 is 1. The third-order valence-electron chi connectivity index (χ3n) is 17.3. The van der Waals surface area contributed by atoms with Crippen molar-refractivity contribution >= 4 is 46.8 Å². The Morgan fingerprint density at radius 3 is 1.46 bits per heavy atom. The molecule has 0 bridgehead atoms. The van der Waals surface area contributed by atoms with Crippen LogP contribution in [0.1, 0.15) is 132 Å². The molecule has 0 aliphatic carbocycles. The largest absolute Gasteiger partial charge is 0.481 e. The number of carboxylic acids is 1. The van der Waals surface area contributed by atoms with Crippen molar-refractivity contribution in [1.29, 1.82) is 0 Å². The Labute approximate surface area is 488 Å². The van der Waals surface area contributed by atoms with Gasteiger partial charge in [-0.15, -0.1) is 0 Å². The molecule has 14 heteroatoms. The molecule has 2 amide bonds. The summed E-state index contributed by atoms with van der Waals surface area (Å²) in [6.07, 6.45) is 15.3. The lowest BCUT2D eigenvalue weighted by Gasteiger charge is -2.37. The Morgan fingerprint density at radius 1 is 0.598 bits per heavy atom. The van der Waals surface area contributed by atoms with Gasteiger partial charge in [0, 0.05) is 101 Å². The highest BCUT2D eigenvalue weighted by Crippen LogP contribution is 2.38. The number of carbonyl (C=O) groups excluding carboxylic acids is 3. The van der Waals surface area contributed by atoms with E-state index in [-0.39, 0.29) is 43.5 Å². The molecule has 14 nitrogen and oxygen atoms in total. The molecule has 4 atom stereocenters. The van der Waals surface area contributed by atoms with E-state index in [0.717, 1.165) is 152 Å². The van der Waals surface area contributed by atoms with E-state index in [1.807, 2.05) is 15.9 Å². The zero-order valence-corrected chi connectivity index (χ0v) is 48.1. The van der Waals surface area contributed by atoms with Crippen molar-refractivity contribution in [3.63, 3.8) is 0 Å². The van der Waals surface area contributed by atoms with Crippen LogP contribution in [0, 0.1) is 71.0 Å². The van der Waals surface area contributed by atoms with E-state index in [1.54, 1.807) is 13.8 Å². The number of nitrogens with zero attached hydrogens (tertiary/aromatic N) is 4. The number of hydrogen-bond donors (Lipinski definition) is 5. The van der Waals surface area contributed by atoms with Gasteiger partial charge in [0.25, 0.3) is 0 Å². The molecule has 0 radical (unpaired) electrons. The SMILES string of the molecule is C.CC#CC#CC#CC.COC(=O)C[C@H](CC1CCN(C(=O)CCc2ccc3c(n2)NCCC3)CC1)[C@H]1CNc2ccccc2C1.O=C(O)C[C@H](CC1CCN(C(=O)CCc2ccc3c(n2)NCCC3)CC1)[C@H]1CNc2ccccc2C1. The van der Waals surface area contributed by atoms with Crippen LogP contribution in [-0.2, 0) is 62.4 Å². The molecule has 8 heterocycles. The minimum absolute atomic E-state index is 0. The topological polar surface area (TPSA) is 178 Å². The number of rotatable bonds is 16. The molecule has 5 N–H and O–H groups in total. The molecule has 2 aromatic heterocycles. The summed E-state index contributed by atoms with van der Waals surface area (Å²) in [6, 6.07) is 25.2. The number of carbonyl (C=O) groups is 4. The standard InChI is InChI=1S/C30H40N4O3.C29H38N4O3.C8H6.CH4/c1-37-29(36)19-24(25-18-23-5-2-3-7-27(23)32-20-25)17-21-12-15-34(16-13-21)28(35)11-10-26-9-8-22-6-4-14-31-30(22)33-26;34-27(10-9-25-8-7-21-5-3-13-30-29(21)32-25)33-14-11-20(12-15-33)16-23(18-28(35)36)24-17-22-4-1-2-6-26(22)31-19-24;1-3-5-7-8-6-4-2;/h2-3,5,7-9,21,24-25,32H,4,6,10-20H2,1H3,(H,31,33);1-2,4,6-8,20,23-24,31H,3,5,9-19H2,(H,30,32)(H,35,36);1-2H3;1H4/t24-,25+;23-,24+;;/m00../s1. The van der Waals surface area contributed by atoms with Crippen LogP contribution < -0.4 is 21.3 Å². The summed E-state index contributed by atoms with van der Waals surface area (Å²) < 4.78 is 5.05.